The number of fused-ring (bicyclic) bond motifs is 1. The summed E-state index contributed by atoms with van der Waals surface area (Å²) in [7, 11) is 0. The Morgan fingerprint density at radius 1 is 1.00 bits per heavy atom. The van der Waals surface area contributed by atoms with E-state index in [1.54, 1.807) is 45.8 Å². The number of benzene rings is 1. The molecule has 3 aromatic rings. The Kier molecular flexibility index (Phi) is 9.61. The van der Waals surface area contributed by atoms with Crippen LogP contribution >= 0.6 is 22.7 Å². The van der Waals surface area contributed by atoms with Gasteiger partial charge in [-0.25, -0.2) is 4.79 Å². The second-order valence-electron chi connectivity index (χ2n) is 8.93. The van der Waals surface area contributed by atoms with Gasteiger partial charge in [0.15, 0.2) is 11.5 Å². The van der Waals surface area contributed by atoms with Crippen LogP contribution in [0.5, 0.6) is 11.5 Å². The zero-order valence-corrected chi connectivity index (χ0v) is 22.7. The highest BCUT2D eigenvalue weighted by molar-refractivity contribution is 7.10. The molecule has 0 radical (unpaired) electrons. The fourth-order valence-corrected chi connectivity index (χ4v) is 5.63. The van der Waals surface area contributed by atoms with E-state index in [1.807, 2.05) is 41.9 Å². The molecule has 11 heteroatoms. The summed E-state index contributed by atoms with van der Waals surface area (Å²) in [6.07, 6.45) is 1.76. The van der Waals surface area contributed by atoms with Gasteiger partial charge < -0.3 is 30.1 Å². The lowest BCUT2D eigenvalue weighted by Crippen LogP contribution is -2.51. The SMILES string of the molecule is CCCC[C@@H](NC(=O)N[C@H](CC(=O)O)c1ccc2c(c1)OCO2)C(=O)N(Cc1cccs1)Cc1cccs1. The van der Waals surface area contributed by atoms with Crippen molar-refractivity contribution in [2.24, 2.45) is 0 Å². The van der Waals surface area contributed by atoms with E-state index in [-0.39, 0.29) is 19.1 Å². The number of carboxylic acids is 1. The summed E-state index contributed by atoms with van der Waals surface area (Å²) in [5, 5.41) is 19.0. The lowest BCUT2D eigenvalue weighted by molar-refractivity contribution is -0.137. The Hall–Kier alpha value is -3.57. The number of rotatable bonds is 13. The van der Waals surface area contributed by atoms with E-state index in [1.165, 1.54) is 0 Å². The summed E-state index contributed by atoms with van der Waals surface area (Å²) in [6.45, 7) is 3.00. The molecule has 0 bridgehead atoms. The van der Waals surface area contributed by atoms with Gasteiger partial charge in [-0.2, -0.15) is 0 Å². The molecule has 0 spiro atoms. The Bertz CT molecular complexity index is 1180. The molecule has 9 nitrogen and oxygen atoms in total. The predicted molar refractivity (Wildman–Crippen MR) is 145 cm³/mol. The zero-order chi connectivity index (χ0) is 26.9. The third kappa shape index (κ3) is 7.48. The number of carboxylic acid groups (broad SMARTS) is 1. The van der Waals surface area contributed by atoms with Crippen molar-refractivity contribution in [3.8, 4) is 11.5 Å². The van der Waals surface area contributed by atoms with Gasteiger partial charge in [-0.1, -0.05) is 38.0 Å². The van der Waals surface area contributed by atoms with Crippen LogP contribution in [-0.2, 0) is 22.7 Å². The Balaban J connectivity index is 1.49. The number of thiophene rings is 2. The Morgan fingerprint density at radius 2 is 1.68 bits per heavy atom. The quantitative estimate of drug-likeness (QED) is 0.268. The second-order valence-corrected chi connectivity index (χ2v) is 11.0. The van der Waals surface area contributed by atoms with Crippen LogP contribution in [0.2, 0.25) is 0 Å². The number of nitrogens with one attached hydrogen (secondary N) is 2. The van der Waals surface area contributed by atoms with E-state index >= 15 is 0 Å². The summed E-state index contributed by atoms with van der Waals surface area (Å²) in [6, 6.07) is 10.8. The molecule has 0 unspecified atom stereocenters. The summed E-state index contributed by atoms with van der Waals surface area (Å²) in [5.41, 5.74) is 0.570. The molecule has 0 fully saturated rings. The summed E-state index contributed by atoms with van der Waals surface area (Å²) in [4.78, 5) is 42.4. The molecular formula is C27H31N3O6S2. The van der Waals surface area contributed by atoms with Gasteiger partial charge in [0.25, 0.3) is 0 Å². The number of urea groups is 1. The first kappa shape index (κ1) is 27.5. The minimum absolute atomic E-state index is 0.0883. The third-order valence-electron chi connectivity index (χ3n) is 6.10. The minimum Gasteiger partial charge on any atom is -0.481 e. The summed E-state index contributed by atoms with van der Waals surface area (Å²) in [5.74, 6) is -0.180. The van der Waals surface area contributed by atoms with Crippen molar-refractivity contribution in [1.82, 2.24) is 15.5 Å². The number of carbonyl (C=O) groups excluding carboxylic acids is 2. The van der Waals surface area contributed by atoms with Crippen LogP contribution in [0.3, 0.4) is 0 Å². The molecule has 1 aromatic carbocycles. The molecule has 0 saturated heterocycles. The topological polar surface area (TPSA) is 117 Å². The van der Waals surface area contributed by atoms with E-state index in [0.29, 0.717) is 36.6 Å². The molecule has 0 aliphatic carbocycles. The summed E-state index contributed by atoms with van der Waals surface area (Å²) < 4.78 is 10.7. The molecule has 2 atom stereocenters. The third-order valence-corrected chi connectivity index (χ3v) is 7.82. The first-order chi connectivity index (χ1) is 18.4. The van der Waals surface area contributed by atoms with Gasteiger partial charge in [0.05, 0.1) is 25.6 Å². The molecule has 3 amide bonds. The molecule has 4 rings (SSSR count). The molecule has 3 N–H and O–H groups in total. The number of amides is 3. The van der Waals surface area contributed by atoms with Crippen molar-refractivity contribution in [1.29, 1.82) is 0 Å². The van der Waals surface area contributed by atoms with Crippen LogP contribution in [0.4, 0.5) is 4.79 Å². The number of hydrogen-bond donors (Lipinski definition) is 3. The first-order valence-corrected chi connectivity index (χ1v) is 14.2. The molecule has 1 aliphatic rings. The Morgan fingerprint density at radius 3 is 2.29 bits per heavy atom. The van der Waals surface area contributed by atoms with Crippen molar-refractivity contribution in [2.75, 3.05) is 6.79 Å². The van der Waals surface area contributed by atoms with Crippen molar-refractivity contribution in [2.45, 2.75) is 57.8 Å². The fraction of sp³-hybridized carbons (Fsp3) is 0.370. The van der Waals surface area contributed by atoms with Crippen LogP contribution in [-0.4, -0.2) is 40.7 Å². The van der Waals surface area contributed by atoms with Gasteiger partial charge in [0.1, 0.15) is 6.04 Å². The standard InChI is InChI=1S/C27H31N3O6S2/c1-2-3-8-21(26(33)30(15-19-6-4-11-37-19)16-20-7-5-12-38-20)28-27(34)29-22(14-25(31)32)18-9-10-23-24(13-18)36-17-35-23/h4-7,9-13,21-22H,2-3,8,14-17H2,1H3,(H,31,32)(H2,28,29,34)/t21-,22-/m1/s1. The van der Waals surface area contributed by atoms with Crippen molar-refractivity contribution >= 4 is 40.6 Å². The van der Waals surface area contributed by atoms with Crippen molar-refractivity contribution in [3.05, 3.63) is 68.5 Å². The average molecular weight is 558 g/mol. The molecule has 3 heterocycles. The van der Waals surface area contributed by atoms with Gasteiger partial charge in [-0.15, -0.1) is 22.7 Å². The molecule has 2 aromatic heterocycles. The van der Waals surface area contributed by atoms with Crippen LogP contribution in [0.1, 0.15) is 54.0 Å². The number of nitrogens with zero attached hydrogens (tertiary/aromatic N) is 1. The largest absolute Gasteiger partial charge is 0.481 e. The predicted octanol–water partition coefficient (Wildman–Crippen LogP) is 5.14. The van der Waals surface area contributed by atoms with Crippen molar-refractivity contribution < 1.29 is 29.0 Å². The van der Waals surface area contributed by atoms with Crippen LogP contribution in [0.25, 0.3) is 0 Å². The van der Waals surface area contributed by atoms with Gasteiger partial charge >= 0.3 is 12.0 Å². The average Bonchev–Trinajstić information content (AvgIpc) is 3.68. The zero-order valence-electron chi connectivity index (χ0n) is 21.1. The number of aliphatic carboxylic acids is 1. The van der Waals surface area contributed by atoms with E-state index in [4.69, 9.17) is 9.47 Å². The number of unbranched alkanes of at least 4 members (excludes halogenated alkanes) is 1. The minimum atomic E-state index is -1.07. The number of carbonyl (C=O) groups is 3. The maximum Gasteiger partial charge on any atom is 0.315 e. The van der Waals surface area contributed by atoms with Crippen LogP contribution in [0.15, 0.2) is 53.2 Å². The Labute approximate surface area is 229 Å². The smallest absolute Gasteiger partial charge is 0.315 e. The molecule has 0 saturated carbocycles. The van der Waals surface area contributed by atoms with Gasteiger partial charge in [0.2, 0.25) is 12.7 Å². The molecular weight excluding hydrogens is 526 g/mol. The number of ether oxygens (including phenoxy) is 2. The lowest BCUT2D eigenvalue weighted by Gasteiger charge is -2.28. The van der Waals surface area contributed by atoms with E-state index in [9.17, 15) is 19.5 Å². The highest BCUT2D eigenvalue weighted by Crippen LogP contribution is 2.34. The van der Waals surface area contributed by atoms with Crippen LogP contribution in [0, 0.1) is 0 Å². The van der Waals surface area contributed by atoms with E-state index < -0.39 is 24.1 Å². The van der Waals surface area contributed by atoms with Crippen molar-refractivity contribution in [3.63, 3.8) is 0 Å². The highest BCUT2D eigenvalue weighted by atomic mass is 32.1. The van der Waals surface area contributed by atoms with Crippen LogP contribution < -0.4 is 20.1 Å². The normalized spacial score (nSPS) is 13.5. The molecule has 1 aliphatic heterocycles. The fourth-order valence-electron chi connectivity index (χ4n) is 4.19. The maximum atomic E-state index is 13.8. The molecule has 38 heavy (non-hydrogen) atoms. The lowest BCUT2D eigenvalue weighted by atomic mass is 10.0. The maximum absolute atomic E-state index is 13.8. The van der Waals surface area contributed by atoms with Gasteiger partial charge in [-0.3, -0.25) is 9.59 Å². The van der Waals surface area contributed by atoms with E-state index in [2.05, 4.69) is 10.6 Å². The summed E-state index contributed by atoms with van der Waals surface area (Å²) >= 11 is 3.16. The second kappa shape index (κ2) is 13.3. The molecule has 202 valence electrons. The van der Waals surface area contributed by atoms with Gasteiger partial charge in [0, 0.05) is 9.75 Å². The number of hydrogen-bond acceptors (Lipinski definition) is 7. The van der Waals surface area contributed by atoms with Gasteiger partial charge in [-0.05, 0) is 47.0 Å². The monoisotopic (exact) mass is 557 g/mol. The van der Waals surface area contributed by atoms with E-state index in [0.717, 1.165) is 22.6 Å². The first-order valence-electron chi connectivity index (χ1n) is 12.4. The highest BCUT2D eigenvalue weighted by Gasteiger charge is 2.28.